The number of amides is 1. The number of ether oxygens (including phenoxy) is 1. The Morgan fingerprint density at radius 2 is 2.47 bits per heavy atom. The summed E-state index contributed by atoms with van der Waals surface area (Å²) in [5.74, 6) is 2.53. The molecule has 1 saturated heterocycles. The van der Waals surface area contributed by atoms with Crippen molar-refractivity contribution in [2.45, 2.75) is 6.04 Å². The van der Waals surface area contributed by atoms with Crippen molar-refractivity contribution < 1.29 is 9.53 Å². The fraction of sp³-hybridized carbons (Fsp3) is 0.462. The van der Waals surface area contributed by atoms with Crippen molar-refractivity contribution in [2.24, 2.45) is 0 Å². The number of hydrogen-bond donors (Lipinski definition) is 2. The summed E-state index contributed by atoms with van der Waals surface area (Å²) in [7, 11) is 2.04. The van der Waals surface area contributed by atoms with E-state index in [1.807, 2.05) is 25.2 Å². The second kappa shape index (κ2) is 5.30. The molecule has 2 aliphatic rings. The molecule has 102 valence electrons. The highest BCUT2D eigenvalue weighted by Crippen LogP contribution is 2.33. The fourth-order valence-electron chi connectivity index (χ4n) is 2.23. The van der Waals surface area contributed by atoms with Crippen molar-refractivity contribution in [3.63, 3.8) is 0 Å². The summed E-state index contributed by atoms with van der Waals surface area (Å²) in [6.07, 6.45) is 0. The van der Waals surface area contributed by atoms with Crippen molar-refractivity contribution in [2.75, 3.05) is 42.0 Å². The molecule has 1 amide bonds. The largest absolute Gasteiger partial charge is 0.489 e. The minimum Gasteiger partial charge on any atom is -0.489 e. The molecule has 3 rings (SSSR count). The minimum atomic E-state index is -0.0929. The van der Waals surface area contributed by atoms with Crippen molar-refractivity contribution in [3.05, 3.63) is 18.2 Å². The Hall–Kier alpha value is -1.40. The zero-order valence-corrected chi connectivity index (χ0v) is 11.6. The zero-order chi connectivity index (χ0) is 13.2. The Morgan fingerprint density at radius 1 is 1.58 bits per heavy atom. The molecule has 2 heterocycles. The molecule has 1 fully saturated rings. The van der Waals surface area contributed by atoms with E-state index in [-0.39, 0.29) is 11.9 Å². The summed E-state index contributed by atoms with van der Waals surface area (Å²) in [6, 6.07) is 5.71. The molecule has 19 heavy (non-hydrogen) atoms. The van der Waals surface area contributed by atoms with Crippen LogP contribution in [0.2, 0.25) is 0 Å². The summed E-state index contributed by atoms with van der Waals surface area (Å²) < 4.78 is 5.63. The maximum absolute atomic E-state index is 12.0. The number of thioether (sulfide) groups is 1. The summed E-state index contributed by atoms with van der Waals surface area (Å²) >= 11 is 1.74. The van der Waals surface area contributed by atoms with Gasteiger partial charge in [-0.2, -0.15) is 0 Å². The Kier molecular flexibility index (Phi) is 3.52. The van der Waals surface area contributed by atoms with Gasteiger partial charge in [0.2, 0.25) is 5.91 Å². The number of nitrogens with one attached hydrogen (secondary N) is 2. The van der Waals surface area contributed by atoms with Gasteiger partial charge in [-0.05, 0) is 12.1 Å². The molecule has 0 radical (unpaired) electrons. The van der Waals surface area contributed by atoms with E-state index in [2.05, 4.69) is 15.5 Å². The lowest BCUT2D eigenvalue weighted by Gasteiger charge is -2.28. The fourth-order valence-corrected chi connectivity index (χ4v) is 3.17. The second-order valence-corrected chi connectivity index (χ2v) is 5.74. The molecule has 1 atom stereocenters. The van der Waals surface area contributed by atoms with Gasteiger partial charge in [-0.25, -0.2) is 0 Å². The quantitative estimate of drug-likeness (QED) is 0.849. The van der Waals surface area contributed by atoms with Crippen molar-refractivity contribution in [3.8, 4) is 5.75 Å². The van der Waals surface area contributed by atoms with Crippen LogP contribution in [0.5, 0.6) is 5.75 Å². The van der Waals surface area contributed by atoms with E-state index >= 15 is 0 Å². The molecule has 6 heteroatoms. The van der Waals surface area contributed by atoms with Crippen molar-refractivity contribution in [1.29, 1.82) is 0 Å². The average Bonchev–Trinajstić information content (AvgIpc) is 2.93. The first-order valence-electron chi connectivity index (χ1n) is 6.34. The van der Waals surface area contributed by atoms with Crippen LogP contribution in [0.25, 0.3) is 0 Å². The van der Waals surface area contributed by atoms with E-state index in [0.29, 0.717) is 6.61 Å². The number of anilines is 2. The van der Waals surface area contributed by atoms with Gasteiger partial charge >= 0.3 is 0 Å². The van der Waals surface area contributed by atoms with Crippen LogP contribution in [0.4, 0.5) is 11.4 Å². The van der Waals surface area contributed by atoms with Crippen LogP contribution in [0.1, 0.15) is 0 Å². The van der Waals surface area contributed by atoms with Crippen LogP contribution in [-0.2, 0) is 4.79 Å². The molecule has 0 bridgehead atoms. The van der Waals surface area contributed by atoms with E-state index in [1.165, 1.54) is 0 Å². The molecule has 1 aromatic rings. The summed E-state index contributed by atoms with van der Waals surface area (Å²) in [6.45, 7) is 1.57. The van der Waals surface area contributed by atoms with Crippen LogP contribution >= 0.6 is 11.8 Å². The molecule has 1 aromatic carbocycles. The molecule has 2 N–H and O–H groups in total. The Labute approximate surface area is 116 Å². The van der Waals surface area contributed by atoms with Gasteiger partial charge in [-0.1, -0.05) is 0 Å². The third kappa shape index (κ3) is 2.64. The van der Waals surface area contributed by atoms with Crippen LogP contribution in [0.3, 0.4) is 0 Å². The highest BCUT2D eigenvalue weighted by atomic mass is 32.2. The third-order valence-corrected chi connectivity index (χ3v) is 4.30. The third-order valence-electron chi connectivity index (χ3n) is 3.36. The molecule has 5 nitrogen and oxygen atoms in total. The lowest BCUT2D eigenvalue weighted by molar-refractivity contribution is -0.117. The van der Waals surface area contributed by atoms with Gasteiger partial charge < -0.3 is 15.0 Å². The van der Waals surface area contributed by atoms with Crippen molar-refractivity contribution in [1.82, 2.24) is 5.32 Å². The van der Waals surface area contributed by atoms with Crippen LogP contribution < -0.4 is 20.3 Å². The number of fused-ring (bicyclic) bond motifs is 1. The minimum absolute atomic E-state index is 0.0223. The topological polar surface area (TPSA) is 53.6 Å². The first-order valence-corrected chi connectivity index (χ1v) is 7.49. The highest BCUT2D eigenvalue weighted by Gasteiger charge is 2.23. The number of nitrogens with zero attached hydrogens (tertiary/aromatic N) is 1. The Bertz CT molecular complexity index is 489. The smallest absolute Gasteiger partial charge is 0.242 e. The van der Waals surface area contributed by atoms with Gasteiger partial charge in [-0.15, -0.1) is 11.8 Å². The zero-order valence-electron chi connectivity index (χ0n) is 10.8. The van der Waals surface area contributed by atoms with Gasteiger partial charge in [0, 0.05) is 30.4 Å². The lowest BCUT2D eigenvalue weighted by Crippen LogP contribution is -2.37. The number of likely N-dealkylation sites (N-methyl/N-ethyl adjacent to an activating group) is 1. The molecule has 0 aromatic heterocycles. The predicted molar refractivity (Wildman–Crippen MR) is 78.1 cm³/mol. The van der Waals surface area contributed by atoms with Gasteiger partial charge in [0.05, 0.1) is 18.3 Å². The SMILES string of the molecule is CN1CCOc2cc(NC(=O)C3CSCN3)ccc21. The first-order chi connectivity index (χ1) is 9.24. The standard InChI is InChI=1S/C13H17N3O2S/c1-16-4-5-18-12-6-9(2-3-11(12)16)15-13(17)10-7-19-8-14-10/h2-3,6,10,14H,4-5,7-8H2,1H3,(H,15,17). The first kappa shape index (κ1) is 12.6. The number of rotatable bonds is 2. The van der Waals surface area contributed by atoms with Crippen LogP contribution in [-0.4, -0.2) is 43.8 Å². The number of carbonyl (C=O) groups excluding carboxylic acids is 1. The lowest BCUT2D eigenvalue weighted by atomic mass is 10.2. The second-order valence-electron chi connectivity index (χ2n) is 4.71. The van der Waals surface area contributed by atoms with E-state index in [0.717, 1.165) is 35.3 Å². The monoisotopic (exact) mass is 279 g/mol. The normalized spacial score (nSPS) is 21.7. The Balaban J connectivity index is 1.73. The average molecular weight is 279 g/mol. The van der Waals surface area contributed by atoms with E-state index in [4.69, 9.17) is 4.74 Å². The predicted octanol–water partition coefficient (Wildman–Crippen LogP) is 1.12. The molecular weight excluding hydrogens is 262 g/mol. The molecule has 0 spiro atoms. The van der Waals surface area contributed by atoms with Gasteiger partial charge in [-0.3, -0.25) is 10.1 Å². The van der Waals surface area contributed by atoms with Crippen LogP contribution in [0.15, 0.2) is 18.2 Å². The maximum Gasteiger partial charge on any atom is 0.242 e. The maximum atomic E-state index is 12.0. The highest BCUT2D eigenvalue weighted by molar-refractivity contribution is 7.99. The Morgan fingerprint density at radius 3 is 3.26 bits per heavy atom. The molecule has 0 saturated carbocycles. The van der Waals surface area contributed by atoms with Crippen molar-refractivity contribution >= 4 is 29.0 Å². The van der Waals surface area contributed by atoms with Gasteiger partial charge in [0.15, 0.2) is 0 Å². The van der Waals surface area contributed by atoms with E-state index in [9.17, 15) is 4.79 Å². The summed E-state index contributed by atoms with van der Waals surface area (Å²) in [4.78, 5) is 14.2. The molecule has 0 aliphatic carbocycles. The molecular formula is C13H17N3O2S. The van der Waals surface area contributed by atoms with E-state index < -0.39 is 0 Å². The van der Waals surface area contributed by atoms with E-state index in [1.54, 1.807) is 11.8 Å². The summed E-state index contributed by atoms with van der Waals surface area (Å²) in [5.41, 5.74) is 1.86. The molecule has 1 unspecified atom stereocenters. The number of hydrogen-bond acceptors (Lipinski definition) is 5. The van der Waals surface area contributed by atoms with Gasteiger partial charge in [0.25, 0.3) is 0 Å². The summed E-state index contributed by atoms with van der Waals surface area (Å²) in [5, 5.41) is 6.09. The van der Waals surface area contributed by atoms with Gasteiger partial charge in [0.1, 0.15) is 12.4 Å². The molecule has 2 aliphatic heterocycles. The van der Waals surface area contributed by atoms with Crippen LogP contribution in [0, 0.1) is 0 Å². The number of carbonyl (C=O) groups is 1. The number of benzene rings is 1.